The number of unbranched alkanes of at least 4 members (excludes halogenated alkanes) is 39. The number of nitrogens with one attached hydrogen (secondary N) is 1. The number of carbonyl (C=O) groups excluding carboxylic acids is 2. The third-order valence-corrected chi connectivity index (χ3v) is 14.3. The van der Waals surface area contributed by atoms with Crippen LogP contribution in [-0.4, -0.2) is 47.4 Å². The standard InChI is InChI=1S/C66H121NO5/c1-3-5-7-9-11-13-15-17-19-20-21-22-23-24-25-27-31-34-38-42-46-50-54-58-64(69)63(62-68)67-65(70)59-55-51-47-43-39-35-32-28-26-29-33-37-41-45-49-53-57-61-72-66(71)60-56-52-48-44-40-36-30-18-16-14-12-10-8-6-4-2/h12,14,18,26,29-30,37,41,54,58,63-64,68-69H,3-11,13,15-17,19-25,27-28,31-36,38-40,42-53,55-57,59-62H2,1-2H3,(H,67,70)/b14-12-,29-26-,30-18-,41-37-,58-54+. The molecular weight excluding hydrogens is 887 g/mol. The van der Waals surface area contributed by atoms with Crippen molar-refractivity contribution in [1.29, 1.82) is 0 Å². The van der Waals surface area contributed by atoms with Crippen molar-refractivity contribution in [1.82, 2.24) is 5.32 Å². The van der Waals surface area contributed by atoms with Crippen molar-refractivity contribution >= 4 is 11.9 Å². The molecule has 0 aromatic carbocycles. The van der Waals surface area contributed by atoms with Gasteiger partial charge < -0.3 is 20.3 Å². The van der Waals surface area contributed by atoms with Crippen LogP contribution in [-0.2, 0) is 14.3 Å². The number of ether oxygens (including phenoxy) is 1. The van der Waals surface area contributed by atoms with Gasteiger partial charge in [-0.2, -0.15) is 0 Å². The van der Waals surface area contributed by atoms with Gasteiger partial charge in [0.05, 0.1) is 25.4 Å². The molecule has 0 saturated heterocycles. The summed E-state index contributed by atoms with van der Waals surface area (Å²) in [6, 6.07) is -0.643. The quantitative estimate of drug-likeness (QED) is 0.0320. The topological polar surface area (TPSA) is 95.9 Å². The van der Waals surface area contributed by atoms with Crippen molar-refractivity contribution in [3.8, 4) is 0 Å². The maximum Gasteiger partial charge on any atom is 0.305 e. The van der Waals surface area contributed by atoms with E-state index in [-0.39, 0.29) is 18.5 Å². The number of allylic oxidation sites excluding steroid dienone is 9. The van der Waals surface area contributed by atoms with Crippen LogP contribution in [0.15, 0.2) is 60.8 Å². The molecule has 6 nitrogen and oxygen atoms in total. The first-order valence-corrected chi connectivity index (χ1v) is 31.6. The highest BCUT2D eigenvalue weighted by Gasteiger charge is 2.18. The van der Waals surface area contributed by atoms with Gasteiger partial charge in [0.15, 0.2) is 0 Å². The minimum atomic E-state index is -0.858. The Morgan fingerprint density at radius 3 is 1.08 bits per heavy atom. The lowest BCUT2D eigenvalue weighted by atomic mass is 10.0. The lowest BCUT2D eigenvalue weighted by molar-refractivity contribution is -0.143. The zero-order valence-corrected chi connectivity index (χ0v) is 47.9. The van der Waals surface area contributed by atoms with Crippen LogP contribution in [0, 0.1) is 0 Å². The third-order valence-electron chi connectivity index (χ3n) is 14.3. The van der Waals surface area contributed by atoms with Crippen LogP contribution in [0.5, 0.6) is 0 Å². The molecule has 420 valence electrons. The van der Waals surface area contributed by atoms with E-state index in [1.807, 2.05) is 6.08 Å². The Bertz CT molecular complexity index is 1250. The second kappa shape index (κ2) is 61.1. The van der Waals surface area contributed by atoms with Crippen LogP contribution >= 0.6 is 0 Å². The highest BCUT2D eigenvalue weighted by Crippen LogP contribution is 2.17. The van der Waals surface area contributed by atoms with Crippen molar-refractivity contribution in [3.05, 3.63) is 60.8 Å². The maximum absolute atomic E-state index is 12.5. The fourth-order valence-corrected chi connectivity index (χ4v) is 9.40. The predicted octanol–water partition coefficient (Wildman–Crippen LogP) is 19.9. The van der Waals surface area contributed by atoms with E-state index in [4.69, 9.17) is 4.74 Å². The highest BCUT2D eigenvalue weighted by molar-refractivity contribution is 5.76. The second-order valence-electron chi connectivity index (χ2n) is 21.4. The molecule has 0 radical (unpaired) electrons. The first-order chi connectivity index (χ1) is 35.5. The average Bonchev–Trinajstić information content (AvgIpc) is 3.38. The fourth-order valence-electron chi connectivity index (χ4n) is 9.40. The van der Waals surface area contributed by atoms with Gasteiger partial charge in [-0.1, -0.05) is 267 Å². The molecule has 0 aliphatic rings. The van der Waals surface area contributed by atoms with E-state index in [2.05, 4.69) is 67.8 Å². The first kappa shape index (κ1) is 69.6. The monoisotopic (exact) mass is 1010 g/mol. The number of carbonyl (C=O) groups is 2. The molecule has 3 N–H and O–H groups in total. The number of rotatable bonds is 58. The van der Waals surface area contributed by atoms with Crippen LogP contribution in [0.25, 0.3) is 0 Å². The Kier molecular flexibility index (Phi) is 59.0. The van der Waals surface area contributed by atoms with Gasteiger partial charge in [-0.25, -0.2) is 0 Å². The Hall–Kier alpha value is -2.44. The van der Waals surface area contributed by atoms with Crippen LogP contribution in [0.1, 0.15) is 322 Å². The lowest BCUT2D eigenvalue weighted by Crippen LogP contribution is -2.45. The summed E-state index contributed by atoms with van der Waals surface area (Å²) in [5, 5.41) is 23.2. The lowest BCUT2D eigenvalue weighted by Gasteiger charge is -2.20. The maximum atomic E-state index is 12.5. The molecular formula is C66H121NO5. The summed E-state index contributed by atoms with van der Waals surface area (Å²) < 4.78 is 5.45. The summed E-state index contributed by atoms with van der Waals surface area (Å²) >= 11 is 0. The summed E-state index contributed by atoms with van der Waals surface area (Å²) in [5.74, 6) is -0.114. The summed E-state index contributed by atoms with van der Waals surface area (Å²) in [4.78, 5) is 24.5. The largest absolute Gasteiger partial charge is 0.466 e. The number of esters is 1. The second-order valence-corrected chi connectivity index (χ2v) is 21.4. The van der Waals surface area contributed by atoms with Crippen molar-refractivity contribution in [2.45, 2.75) is 334 Å². The molecule has 1 amide bonds. The van der Waals surface area contributed by atoms with E-state index in [0.29, 0.717) is 19.4 Å². The minimum Gasteiger partial charge on any atom is -0.466 e. The molecule has 0 aliphatic carbocycles. The Labute approximate surface area is 448 Å². The molecule has 6 heteroatoms. The normalized spacial score (nSPS) is 13.0. The first-order valence-electron chi connectivity index (χ1n) is 31.6. The van der Waals surface area contributed by atoms with Crippen LogP contribution in [0.3, 0.4) is 0 Å². The summed E-state index contributed by atoms with van der Waals surface area (Å²) in [5.41, 5.74) is 0. The summed E-state index contributed by atoms with van der Waals surface area (Å²) in [6.45, 7) is 4.84. The summed E-state index contributed by atoms with van der Waals surface area (Å²) in [7, 11) is 0. The molecule has 2 unspecified atom stereocenters. The molecule has 72 heavy (non-hydrogen) atoms. The number of aliphatic hydroxyl groups is 2. The molecule has 0 saturated carbocycles. The SMILES string of the molecule is CCCCC/C=C\C/C=C\CCCCCCCC(=O)OCCCCC/C=C\C/C=C\CCCCCCCCCC(=O)NC(CO)C(O)/C=C/CCCCCCCCCCCCCCCCCCCCCCC. The molecule has 2 atom stereocenters. The Balaban J connectivity index is 3.54. The minimum absolute atomic E-state index is 0.0307. The van der Waals surface area contributed by atoms with Crippen LogP contribution in [0.4, 0.5) is 0 Å². The highest BCUT2D eigenvalue weighted by atomic mass is 16.5. The van der Waals surface area contributed by atoms with Gasteiger partial charge in [0, 0.05) is 12.8 Å². The van der Waals surface area contributed by atoms with Crippen molar-refractivity contribution in [3.63, 3.8) is 0 Å². The molecule has 0 bridgehead atoms. The average molecular weight is 1010 g/mol. The predicted molar refractivity (Wildman–Crippen MR) is 315 cm³/mol. The van der Waals surface area contributed by atoms with Crippen LogP contribution in [0.2, 0.25) is 0 Å². The van der Waals surface area contributed by atoms with E-state index < -0.39 is 12.1 Å². The van der Waals surface area contributed by atoms with E-state index in [0.717, 1.165) is 96.3 Å². The van der Waals surface area contributed by atoms with Gasteiger partial charge in [0.25, 0.3) is 0 Å². The molecule has 0 aromatic heterocycles. The molecule has 0 rings (SSSR count). The van der Waals surface area contributed by atoms with Gasteiger partial charge in [-0.3, -0.25) is 9.59 Å². The smallest absolute Gasteiger partial charge is 0.305 e. The molecule has 0 heterocycles. The van der Waals surface area contributed by atoms with Crippen molar-refractivity contribution in [2.75, 3.05) is 13.2 Å². The van der Waals surface area contributed by atoms with Gasteiger partial charge in [0.1, 0.15) is 0 Å². The number of amides is 1. The Morgan fingerprint density at radius 1 is 0.389 bits per heavy atom. The molecule has 0 aromatic rings. The van der Waals surface area contributed by atoms with Crippen molar-refractivity contribution < 1.29 is 24.5 Å². The molecule has 0 aliphatic heterocycles. The molecule has 0 fully saturated rings. The number of hydrogen-bond acceptors (Lipinski definition) is 5. The van der Waals surface area contributed by atoms with Gasteiger partial charge >= 0.3 is 5.97 Å². The van der Waals surface area contributed by atoms with Gasteiger partial charge in [0.2, 0.25) is 5.91 Å². The number of hydrogen-bond donors (Lipinski definition) is 3. The van der Waals surface area contributed by atoms with Crippen molar-refractivity contribution in [2.24, 2.45) is 0 Å². The summed E-state index contributed by atoms with van der Waals surface area (Å²) in [6.07, 6.45) is 79.7. The third kappa shape index (κ3) is 56.8. The number of aliphatic hydroxyl groups excluding tert-OH is 2. The van der Waals surface area contributed by atoms with Crippen LogP contribution < -0.4 is 5.32 Å². The van der Waals surface area contributed by atoms with E-state index in [1.54, 1.807) is 6.08 Å². The van der Waals surface area contributed by atoms with Gasteiger partial charge in [-0.05, 0) is 103 Å². The fraction of sp³-hybridized carbons (Fsp3) is 0.818. The zero-order chi connectivity index (χ0) is 52.2. The van der Waals surface area contributed by atoms with E-state index in [1.165, 1.54) is 199 Å². The Morgan fingerprint density at radius 2 is 0.694 bits per heavy atom. The van der Waals surface area contributed by atoms with E-state index >= 15 is 0 Å². The molecule has 0 spiro atoms. The zero-order valence-electron chi connectivity index (χ0n) is 47.9. The van der Waals surface area contributed by atoms with E-state index in [9.17, 15) is 19.8 Å². The van der Waals surface area contributed by atoms with Gasteiger partial charge in [-0.15, -0.1) is 0 Å².